The van der Waals surface area contributed by atoms with E-state index in [2.05, 4.69) is 44.7 Å². The first kappa shape index (κ1) is 15.6. The number of phenols is 1. The molecule has 2 nitrogen and oxygen atoms in total. The topological polar surface area (TPSA) is 23.5 Å². The number of likely N-dealkylation sites (tertiary alicyclic amines) is 1. The summed E-state index contributed by atoms with van der Waals surface area (Å²) in [6.07, 6.45) is 6.94. The van der Waals surface area contributed by atoms with E-state index in [0.29, 0.717) is 17.2 Å². The molecule has 1 aromatic carbocycles. The lowest BCUT2D eigenvalue weighted by molar-refractivity contribution is 0.0742. The van der Waals surface area contributed by atoms with Crippen molar-refractivity contribution in [3.8, 4) is 5.75 Å². The number of phenolic OH excluding ortho intramolecular Hbond substituents is 1. The first-order valence-corrected chi connectivity index (χ1v) is 8.56. The summed E-state index contributed by atoms with van der Waals surface area (Å²) in [7, 11) is 0. The molecule has 1 N–H and O–H groups in total. The predicted octanol–water partition coefficient (Wildman–Crippen LogP) is 4.24. The number of rotatable bonds is 2. The minimum atomic E-state index is 0.336. The van der Waals surface area contributed by atoms with Crippen LogP contribution in [-0.2, 0) is 12.8 Å². The fraction of sp³-hybridized carbons (Fsp3) is 0.600. The molecule has 1 aliphatic heterocycles. The van der Waals surface area contributed by atoms with Gasteiger partial charge in [0.2, 0.25) is 0 Å². The molecule has 1 heterocycles. The summed E-state index contributed by atoms with van der Waals surface area (Å²) in [5.74, 6) is 0.505. The van der Waals surface area contributed by atoms with Crippen LogP contribution in [0.3, 0.4) is 0 Å². The molecule has 0 spiro atoms. The van der Waals surface area contributed by atoms with Crippen molar-refractivity contribution in [1.82, 2.24) is 4.90 Å². The minimum absolute atomic E-state index is 0.336. The normalized spacial score (nSPS) is 27.9. The molecule has 3 rings (SSSR count). The van der Waals surface area contributed by atoms with Crippen LogP contribution in [0.15, 0.2) is 23.8 Å². The highest BCUT2D eigenvalue weighted by molar-refractivity contribution is 5.46. The van der Waals surface area contributed by atoms with Gasteiger partial charge >= 0.3 is 0 Å². The number of benzene rings is 1. The highest BCUT2D eigenvalue weighted by Gasteiger charge is 2.40. The molecule has 22 heavy (non-hydrogen) atoms. The largest absolute Gasteiger partial charge is 0.508 e. The Kier molecular flexibility index (Phi) is 4.07. The zero-order valence-corrected chi connectivity index (χ0v) is 14.4. The molecule has 2 bridgehead atoms. The van der Waals surface area contributed by atoms with Gasteiger partial charge < -0.3 is 5.11 Å². The first-order valence-electron chi connectivity index (χ1n) is 8.56. The molecule has 2 unspecified atom stereocenters. The molecule has 2 atom stereocenters. The van der Waals surface area contributed by atoms with E-state index in [0.717, 1.165) is 19.4 Å². The van der Waals surface area contributed by atoms with Crippen LogP contribution in [0.2, 0.25) is 0 Å². The second-order valence-electron chi connectivity index (χ2n) is 7.93. The van der Waals surface area contributed by atoms with E-state index in [1.54, 1.807) is 0 Å². The second-order valence-corrected chi connectivity index (χ2v) is 7.93. The maximum absolute atomic E-state index is 10.4. The van der Waals surface area contributed by atoms with Crippen LogP contribution in [0.1, 0.15) is 50.3 Å². The van der Waals surface area contributed by atoms with Crippen LogP contribution in [0.25, 0.3) is 0 Å². The third-order valence-corrected chi connectivity index (χ3v) is 5.67. The van der Waals surface area contributed by atoms with E-state index in [9.17, 15) is 5.11 Å². The van der Waals surface area contributed by atoms with Gasteiger partial charge in [0, 0.05) is 12.6 Å². The Bertz CT molecular complexity index is 600. The average Bonchev–Trinajstić information content (AvgIpc) is 2.57. The monoisotopic (exact) mass is 299 g/mol. The summed E-state index contributed by atoms with van der Waals surface area (Å²) in [5, 5.41) is 10.4. The van der Waals surface area contributed by atoms with Crippen molar-refractivity contribution in [2.75, 3.05) is 13.1 Å². The van der Waals surface area contributed by atoms with Gasteiger partial charge in [-0.05, 0) is 81.2 Å². The fourth-order valence-electron chi connectivity index (χ4n) is 4.24. The summed E-state index contributed by atoms with van der Waals surface area (Å²) in [6.45, 7) is 11.2. The van der Waals surface area contributed by atoms with Gasteiger partial charge in [-0.15, -0.1) is 0 Å². The smallest absolute Gasteiger partial charge is 0.119 e. The van der Waals surface area contributed by atoms with Crippen LogP contribution in [0, 0.1) is 12.3 Å². The summed E-state index contributed by atoms with van der Waals surface area (Å²) in [5.41, 5.74) is 5.69. The SMILES string of the molecule is CC(C)=CCN1CCC2(C)Cc3c(O)ccc(C)c3CC1C2. The van der Waals surface area contributed by atoms with Crippen molar-refractivity contribution in [1.29, 1.82) is 0 Å². The maximum atomic E-state index is 10.4. The van der Waals surface area contributed by atoms with Crippen molar-refractivity contribution >= 4 is 0 Å². The number of piperidine rings is 1. The van der Waals surface area contributed by atoms with Crippen LogP contribution in [0.5, 0.6) is 5.75 Å². The zero-order chi connectivity index (χ0) is 15.9. The predicted molar refractivity (Wildman–Crippen MR) is 92.4 cm³/mol. The van der Waals surface area contributed by atoms with Crippen molar-refractivity contribution in [3.63, 3.8) is 0 Å². The number of fused-ring (bicyclic) bond motifs is 3. The fourth-order valence-corrected chi connectivity index (χ4v) is 4.24. The van der Waals surface area contributed by atoms with Crippen molar-refractivity contribution in [2.24, 2.45) is 5.41 Å². The number of hydrogen-bond acceptors (Lipinski definition) is 2. The lowest BCUT2D eigenvalue weighted by Crippen LogP contribution is -2.46. The Morgan fingerprint density at radius 1 is 1.36 bits per heavy atom. The number of aromatic hydroxyl groups is 1. The van der Waals surface area contributed by atoms with Gasteiger partial charge in [0.1, 0.15) is 5.75 Å². The zero-order valence-electron chi connectivity index (χ0n) is 14.4. The first-order chi connectivity index (χ1) is 10.4. The Balaban J connectivity index is 1.95. The second kappa shape index (κ2) is 5.73. The molecule has 0 radical (unpaired) electrons. The molecule has 1 aromatic rings. The lowest BCUT2D eigenvalue weighted by Gasteiger charge is -2.43. The summed E-state index contributed by atoms with van der Waals surface area (Å²) >= 11 is 0. The standard InChI is InChI=1S/C20H29NO/c1-14(2)7-9-21-10-8-20(4)12-16(21)11-17-15(3)5-6-19(22)18(17)13-20/h5-7,16,22H,8-13H2,1-4H3. The molecule has 2 aliphatic rings. The maximum Gasteiger partial charge on any atom is 0.119 e. The Morgan fingerprint density at radius 3 is 2.86 bits per heavy atom. The highest BCUT2D eigenvalue weighted by Crippen LogP contribution is 2.44. The molecular weight excluding hydrogens is 270 g/mol. The number of allylic oxidation sites excluding steroid dienone is 1. The van der Waals surface area contributed by atoms with Crippen LogP contribution >= 0.6 is 0 Å². The van der Waals surface area contributed by atoms with Gasteiger partial charge in [-0.25, -0.2) is 0 Å². The summed E-state index contributed by atoms with van der Waals surface area (Å²) in [6, 6.07) is 4.57. The minimum Gasteiger partial charge on any atom is -0.508 e. The molecule has 0 saturated carbocycles. The molecular formula is C20H29NO. The van der Waals surface area contributed by atoms with Crippen LogP contribution in [0.4, 0.5) is 0 Å². The number of hydrogen-bond donors (Lipinski definition) is 1. The van der Waals surface area contributed by atoms with Crippen LogP contribution in [-0.4, -0.2) is 29.1 Å². The number of nitrogens with zero attached hydrogens (tertiary/aromatic N) is 1. The molecule has 0 amide bonds. The Hall–Kier alpha value is -1.28. The molecule has 1 saturated heterocycles. The number of aryl methyl sites for hydroxylation is 1. The molecule has 120 valence electrons. The van der Waals surface area contributed by atoms with E-state index in [-0.39, 0.29) is 0 Å². The van der Waals surface area contributed by atoms with Gasteiger partial charge in [0.05, 0.1) is 0 Å². The highest BCUT2D eigenvalue weighted by atomic mass is 16.3. The Labute approximate surface area is 134 Å². The van der Waals surface area contributed by atoms with Crippen molar-refractivity contribution in [3.05, 3.63) is 40.5 Å². The van der Waals surface area contributed by atoms with Crippen molar-refractivity contribution in [2.45, 2.75) is 59.4 Å². The van der Waals surface area contributed by atoms with Gasteiger partial charge in [-0.1, -0.05) is 24.6 Å². The molecule has 0 aromatic heterocycles. The van der Waals surface area contributed by atoms with Gasteiger partial charge in [0.15, 0.2) is 0 Å². The third kappa shape index (κ3) is 2.94. The van der Waals surface area contributed by atoms with Gasteiger partial charge in [-0.2, -0.15) is 0 Å². The summed E-state index contributed by atoms with van der Waals surface area (Å²) in [4.78, 5) is 2.65. The van der Waals surface area contributed by atoms with E-state index in [1.165, 1.54) is 41.6 Å². The van der Waals surface area contributed by atoms with E-state index >= 15 is 0 Å². The Morgan fingerprint density at radius 2 is 2.14 bits per heavy atom. The average molecular weight is 299 g/mol. The lowest BCUT2D eigenvalue weighted by atomic mass is 9.74. The van der Waals surface area contributed by atoms with Gasteiger partial charge in [-0.3, -0.25) is 4.90 Å². The third-order valence-electron chi connectivity index (χ3n) is 5.67. The van der Waals surface area contributed by atoms with Crippen LogP contribution < -0.4 is 0 Å². The molecule has 1 aliphatic carbocycles. The quantitative estimate of drug-likeness (QED) is 0.826. The molecule has 1 fully saturated rings. The summed E-state index contributed by atoms with van der Waals surface area (Å²) < 4.78 is 0. The van der Waals surface area contributed by atoms with Gasteiger partial charge in [0.25, 0.3) is 0 Å². The van der Waals surface area contributed by atoms with E-state index < -0.39 is 0 Å². The van der Waals surface area contributed by atoms with E-state index in [4.69, 9.17) is 0 Å². The van der Waals surface area contributed by atoms with Crippen molar-refractivity contribution < 1.29 is 5.11 Å². The molecule has 2 heteroatoms. The van der Waals surface area contributed by atoms with E-state index in [1.807, 2.05) is 6.07 Å².